The van der Waals surface area contributed by atoms with Crippen LogP contribution < -0.4 is 30.7 Å². The smallest absolute Gasteiger partial charge is 0.274 e. The minimum absolute atomic E-state index is 0.0150. The average Bonchev–Trinajstić information content (AvgIpc) is 3.50. The highest BCUT2D eigenvalue weighted by Crippen LogP contribution is 2.38. The number of aliphatic hydroxyl groups is 1. The van der Waals surface area contributed by atoms with Gasteiger partial charge in [-0.05, 0) is 37.1 Å². The van der Waals surface area contributed by atoms with Crippen molar-refractivity contribution >= 4 is 29.1 Å². The summed E-state index contributed by atoms with van der Waals surface area (Å²) in [6.07, 6.45) is 4.64. The van der Waals surface area contributed by atoms with E-state index >= 15 is 0 Å². The van der Waals surface area contributed by atoms with E-state index in [9.17, 15) is 9.59 Å². The molecule has 246 valence electrons. The van der Waals surface area contributed by atoms with Gasteiger partial charge in [0.15, 0.2) is 0 Å². The number of amides is 2. The highest BCUT2D eigenvalue weighted by molar-refractivity contribution is 6.35. The monoisotopic (exact) mass is 659 g/mol. The lowest BCUT2D eigenvalue weighted by molar-refractivity contribution is -0.119. The van der Waals surface area contributed by atoms with E-state index in [2.05, 4.69) is 31.2 Å². The molecule has 0 saturated carbocycles. The van der Waals surface area contributed by atoms with Gasteiger partial charge in [-0.15, -0.1) is 0 Å². The number of pyridine rings is 3. The van der Waals surface area contributed by atoms with Gasteiger partial charge in [0, 0.05) is 85.0 Å². The normalized spacial score (nSPS) is 14.1. The van der Waals surface area contributed by atoms with Gasteiger partial charge in [-0.2, -0.15) is 0 Å². The van der Waals surface area contributed by atoms with Crippen LogP contribution in [-0.2, 0) is 17.9 Å². The maximum atomic E-state index is 13.2. The Balaban J connectivity index is 1.34. The molecule has 1 fully saturated rings. The molecule has 1 unspecified atom stereocenters. The molecule has 47 heavy (non-hydrogen) atoms. The molecule has 4 aromatic rings. The largest absolute Gasteiger partial charge is 0.496 e. The molecule has 0 bridgehead atoms. The number of anilines is 1. The number of carbonyl (C=O) groups excluding carboxylic acids is 2. The van der Waals surface area contributed by atoms with E-state index in [-0.39, 0.29) is 24.2 Å². The molecular formula is C34H38ClN7O5. The van der Waals surface area contributed by atoms with E-state index < -0.39 is 5.91 Å². The molecule has 4 heterocycles. The number of benzene rings is 1. The molecule has 0 radical (unpaired) electrons. The van der Waals surface area contributed by atoms with Crippen LogP contribution in [0.5, 0.6) is 11.6 Å². The summed E-state index contributed by atoms with van der Waals surface area (Å²) in [6, 6.07) is 12.9. The van der Waals surface area contributed by atoms with E-state index in [0.29, 0.717) is 71.9 Å². The molecule has 1 saturated heterocycles. The standard InChI is InChI=1S/C34H38ClN7O5/c1-20-24(5-4-6-26(20)41-33(45)28-15-29(46-2)22(18-39-28)17-36-13-14-43)32-31(35)25(11-12-38-32)27-9-7-21(34(42-27)47-3)16-37-19-23-8-10-30(44)40-23/h4-7,9,11-12,15,18,23,36-37,43H,8,10,13-14,16-17,19H2,1-3H3,(H,40,44)(H,41,45). The molecule has 0 aliphatic carbocycles. The minimum atomic E-state index is -0.398. The van der Waals surface area contributed by atoms with Gasteiger partial charge in [-0.25, -0.2) is 4.98 Å². The molecular weight excluding hydrogens is 622 g/mol. The molecule has 1 aliphatic rings. The van der Waals surface area contributed by atoms with Crippen molar-refractivity contribution in [2.45, 2.75) is 38.9 Å². The van der Waals surface area contributed by atoms with Crippen LogP contribution in [0.15, 0.2) is 54.9 Å². The van der Waals surface area contributed by atoms with Gasteiger partial charge in [-0.3, -0.25) is 19.6 Å². The fourth-order valence-electron chi connectivity index (χ4n) is 5.40. The summed E-state index contributed by atoms with van der Waals surface area (Å²) in [5.41, 5.74) is 5.80. The number of nitrogens with one attached hydrogen (secondary N) is 4. The molecule has 3 aromatic heterocycles. The Kier molecular flexibility index (Phi) is 11.3. The van der Waals surface area contributed by atoms with Crippen LogP contribution in [0.3, 0.4) is 0 Å². The van der Waals surface area contributed by atoms with Crippen molar-refractivity contribution in [2.75, 3.05) is 39.2 Å². The molecule has 0 spiro atoms. The molecule has 12 nitrogen and oxygen atoms in total. The first kappa shape index (κ1) is 33.7. The lowest BCUT2D eigenvalue weighted by atomic mass is 10.0. The van der Waals surface area contributed by atoms with Crippen molar-refractivity contribution in [2.24, 2.45) is 0 Å². The zero-order valence-electron chi connectivity index (χ0n) is 26.5. The van der Waals surface area contributed by atoms with Crippen molar-refractivity contribution in [3.05, 3.63) is 82.3 Å². The summed E-state index contributed by atoms with van der Waals surface area (Å²) in [6.45, 7) is 3.97. The summed E-state index contributed by atoms with van der Waals surface area (Å²) in [7, 11) is 3.11. The third-order valence-corrected chi connectivity index (χ3v) is 8.31. The first-order valence-corrected chi connectivity index (χ1v) is 15.6. The van der Waals surface area contributed by atoms with Crippen molar-refractivity contribution in [1.82, 2.24) is 30.9 Å². The van der Waals surface area contributed by atoms with Gasteiger partial charge in [0.1, 0.15) is 11.4 Å². The molecule has 5 N–H and O–H groups in total. The predicted octanol–water partition coefficient (Wildman–Crippen LogP) is 3.89. The zero-order chi connectivity index (χ0) is 33.3. The fourth-order valence-corrected chi connectivity index (χ4v) is 5.71. The SMILES string of the molecule is COc1cc(C(=O)Nc2cccc(-c3nccc(-c4ccc(CNCC5CCC(=O)N5)c(OC)n4)c3Cl)c2C)ncc1CNCCO. The Morgan fingerprint density at radius 3 is 2.64 bits per heavy atom. The minimum Gasteiger partial charge on any atom is -0.496 e. The molecule has 1 aliphatic heterocycles. The first-order chi connectivity index (χ1) is 22.8. The number of rotatable bonds is 14. The number of methoxy groups -OCH3 is 2. The third-order valence-electron chi connectivity index (χ3n) is 7.93. The van der Waals surface area contributed by atoms with E-state index in [0.717, 1.165) is 28.7 Å². The zero-order valence-corrected chi connectivity index (χ0v) is 27.3. The number of hydrogen-bond donors (Lipinski definition) is 5. The second-order valence-electron chi connectivity index (χ2n) is 11.0. The number of aromatic nitrogens is 3. The molecule has 1 atom stereocenters. The maximum Gasteiger partial charge on any atom is 0.274 e. The molecule has 5 rings (SSSR count). The Morgan fingerprint density at radius 2 is 1.89 bits per heavy atom. The second kappa shape index (κ2) is 15.8. The number of aliphatic hydroxyl groups excluding tert-OH is 1. The summed E-state index contributed by atoms with van der Waals surface area (Å²) in [5.74, 6) is 0.679. The van der Waals surface area contributed by atoms with Crippen molar-refractivity contribution < 1.29 is 24.2 Å². The van der Waals surface area contributed by atoms with Gasteiger partial charge in [-0.1, -0.05) is 29.8 Å². The van der Waals surface area contributed by atoms with E-state index in [1.807, 2.05) is 31.2 Å². The maximum absolute atomic E-state index is 13.2. The Bertz CT molecular complexity index is 1750. The summed E-state index contributed by atoms with van der Waals surface area (Å²) < 4.78 is 11.1. The second-order valence-corrected chi connectivity index (χ2v) is 11.4. The lowest BCUT2D eigenvalue weighted by Gasteiger charge is -2.16. The van der Waals surface area contributed by atoms with Crippen LogP contribution in [0.4, 0.5) is 5.69 Å². The number of carbonyl (C=O) groups is 2. The summed E-state index contributed by atoms with van der Waals surface area (Å²) in [5, 5.41) is 21.8. The average molecular weight is 660 g/mol. The summed E-state index contributed by atoms with van der Waals surface area (Å²) >= 11 is 6.98. The van der Waals surface area contributed by atoms with Crippen LogP contribution in [0.2, 0.25) is 5.02 Å². The van der Waals surface area contributed by atoms with E-state index in [1.54, 1.807) is 37.7 Å². The van der Waals surface area contributed by atoms with E-state index in [1.165, 1.54) is 7.11 Å². The van der Waals surface area contributed by atoms with Gasteiger partial charge in [0.2, 0.25) is 11.8 Å². The Hall–Kier alpha value is -4.62. The van der Waals surface area contributed by atoms with Crippen LogP contribution in [-0.4, -0.2) is 71.8 Å². The highest BCUT2D eigenvalue weighted by Gasteiger charge is 2.21. The van der Waals surface area contributed by atoms with Crippen molar-refractivity contribution in [1.29, 1.82) is 0 Å². The van der Waals surface area contributed by atoms with Crippen molar-refractivity contribution in [3.63, 3.8) is 0 Å². The van der Waals surface area contributed by atoms with Crippen LogP contribution in [0, 0.1) is 6.92 Å². The highest BCUT2D eigenvalue weighted by atomic mass is 35.5. The number of halogens is 1. The number of hydrogen-bond acceptors (Lipinski definition) is 10. The lowest BCUT2D eigenvalue weighted by Crippen LogP contribution is -2.35. The topological polar surface area (TPSA) is 160 Å². The van der Waals surface area contributed by atoms with E-state index in [4.69, 9.17) is 31.2 Å². The number of nitrogens with zero attached hydrogens (tertiary/aromatic N) is 3. The first-order valence-electron chi connectivity index (χ1n) is 15.3. The van der Waals surface area contributed by atoms with Gasteiger partial charge in [0.05, 0.1) is 37.2 Å². The fraction of sp³-hybridized carbons (Fsp3) is 0.324. The molecule has 13 heteroatoms. The van der Waals surface area contributed by atoms with Crippen LogP contribution >= 0.6 is 11.6 Å². The van der Waals surface area contributed by atoms with Crippen LogP contribution in [0.1, 0.15) is 40.0 Å². The van der Waals surface area contributed by atoms with Crippen molar-refractivity contribution in [3.8, 4) is 34.1 Å². The summed E-state index contributed by atoms with van der Waals surface area (Å²) in [4.78, 5) is 38.4. The third kappa shape index (κ3) is 8.03. The van der Waals surface area contributed by atoms with Gasteiger partial charge >= 0.3 is 0 Å². The molecule has 2 amide bonds. The quantitative estimate of drug-likeness (QED) is 0.126. The van der Waals surface area contributed by atoms with Gasteiger partial charge < -0.3 is 35.8 Å². The Labute approximate surface area is 278 Å². The Morgan fingerprint density at radius 1 is 1.06 bits per heavy atom. The van der Waals surface area contributed by atoms with Gasteiger partial charge in [0.25, 0.3) is 5.91 Å². The predicted molar refractivity (Wildman–Crippen MR) is 180 cm³/mol. The van der Waals surface area contributed by atoms with Crippen LogP contribution in [0.25, 0.3) is 22.5 Å². The number of ether oxygens (including phenoxy) is 2. The molecule has 1 aromatic carbocycles.